The molecular formula is C16H32N2O4S. The number of ether oxygens (including phenoxy) is 1. The molecular weight excluding hydrogens is 316 g/mol. The highest BCUT2D eigenvalue weighted by Crippen LogP contribution is 2.24. The third kappa shape index (κ3) is 8.01. The van der Waals surface area contributed by atoms with Crippen LogP contribution in [-0.2, 0) is 14.6 Å². The fraction of sp³-hybridized carbons (Fsp3) is 0.938. The van der Waals surface area contributed by atoms with E-state index in [-0.39, 0.29) is 17.9 Å². The van der Waals surface area contributed by atoms with Gasteiger partial charge in [-0.3, -0.25) is 0 Å². The van der Waals surface area contributed by atoms with Gasteiger partial charge in [-0.05, 0) is 52.5 Å². The lowest BCUT2D eigenvalue weighted by molar-refractivity contribution is 0.0285. The number of carbonyl (C=O) groups excluding carboxylic acids is 1. The van der Waals surface area contributed by atoms with Gasteiger partial charge in [0.25, 0.3) is 0 Å². The van der Waals surface area contributed by atoms with Crippen LogP contribution in [0.2, 0.25) is 0 Å². The summed E-state index contributed by atoms with van der Waals surface area (Å²) in [6, 6.07) is 0.245. The zero-order valence-electron chi connectivity index (χ0n) is 15.1. The molecule has 1 amide bonds. The van der Waals surface area contributed by atoms with E-state index in [0.717, 1.165) is 19.4 Å². The van der Waals surface area contributed by atoms with E-state index in [0.29, 0.717) is 25.4 Å². The number of likely N-dealkylation sites (tertiary alicyclic amines) is 1. The molecule has 23 heavy (non-hydrogen) atoms. The van der Waals surface area contributed by atoms with Crippen molar-refractivity contribution in [3.05, 3.63) is 0 Å². The van der Waals surface area contributed by atoms with Crippen molar-refractivity contribution >= 4 is 15.9 Å². The second-order valence-corrected chi connectivity index (χ2v) is 9.67. The minimum absolute atomic E-state index is 0.220. The summed E-state index contributed by atoms with van der Waals surface area (Å²) >= 11 is 0. The lowest BCUT2D eigenvalue weighted by Crippen LogP contribution is -2.40. The molecule has 0 radical (unpaired) electrons. The number of carbonyl (C=O) groups is 1. The van der Waals surface area contributed by atoms with Crippen LogP contribution < -0.4 is 5.32 Å². The maximum Gasteiger partial charge on any atom is 0.410 e. The first kappa shape index (κ1) is 20.2. The summed E-state index contributed by atoms with van der Waals surface area (Å²) in [4.78, 5) is 13.9. The highest BCUT2D eigenvalue weighted by atomic mass is 32.2. The van der Waals surface area contributed by atoms with Crippen molar-refractivity contribution in [3.8, 4) is 0 Å². The Hall–Kier alpha value is -0.820. The van der Waals surface area contributed by atoms with Crippen LogP contribution in [0.1, 0.15) is 47.0 Å². The SMILES string of the molecule is CCNC(CCCS(C)(=O)=O)C1CCN(C(=O)OC(C)(C)C)C1. The molecule has 1 rings (SSSR count). The lowest BCUT2D eigenvalue weighted by atomic mass is 9.95. The van der Waals surface area contributed by atoms with E-state index >= 15 is 0 Å². The molecule has 6 nitrogen and oxygen atoms in total. The largest absolute Gasteiger partial charge is 0.444 e. The molecule has 1 saturated heterocycles. The van der Waals surface area contributed by atoms with E-state index in [2.05, 4.69) is 5.32 Å². The van der Waals surface area contributed by atoms with Gasteiger partial charge in [0, 0.05) is 31.1 Å². The number of nitrogens with one attached hydrogen (secondary N) is 1. The Morgan fingerprint density at radius 3 is 2.57 bits per heavy atom. The zero-order chi connectivity index (χ0) is 17.7. The van der Waals surface area contributed by atoms with E-state index in [1.54, 1.807) is 4.90 Å². The first-order valence-corrected chi connectivity index (χ1v) is 10.5. The third-order valence-electron chi connectivity index (χ3n) is 3.94. The molecule has 0 aromatic carbocycles. The quantitative estimate of drug-likeness (QED) is 0.762. The Morgan fingerprint density at radius 2 is 2.04 bits per heavy atom. The minimum Gasteiger partial charge on any atom is -0.444 e. The van der Waals surface area contributed by atoms with Crippen molar-refractivity contribution in [3.63, 3.8) is 0 Å². The summed E-state index contributed by atoms with van der Waals surface area (Å²) in [7, 11) is -2.92. The monoisotopic (exact) mass is 348 g/mol. The molecule has 0 aromatic rings. The molecule has 1 heterocycles. The summed E-state index contributed by atoms with van der Waals surface area (Å²) in [6.07, 6.45) is 3.41. The molecule has 2 atom stereocenters. The van der Waals surface area contributed by atoms with E-state index in [9.17, 15) is 13.2 Å². The minimum atomic E-state index is -2.92. The third-order valence-corrected chi connectivity index (χ3v) is 4.97. The standard InChI is InChI=1S/C16H32N2O4S/c1-6-17-14(8-7-11-23(5,20)21)13-9-10-18(12-13)15(19)22-16(2,3)4/h13-14,17H,6-12H2,1-5H3. The molecule has 136 valence electrons. The number of hydrogen-bond acceptors (Lipinski definition) is 5. The second-order valence-electron chi connectivity index (χ2n) is 7.41. The maximum absolute atomic E-state index is 12.1. The summed E-state index contributed by atoms with van der Waals surface area (Å²) in [5, 5.41) is 3.44. The van der Waals surface area contributed by atoms with Crippen LogP contribution in [0.5, 0.6) is 0 Å². The molecule has 0 spiro atoms. The van der Waals surface area contributed by atoms with Crippen LogP contribution in [0.15, 0.2) is 0 Å². The zero-order valence-corrected chi connectivity index (χ0v) is 15.9. The van der Waals surface area contributed by atoms with Crippen molar-refractivity contribution in [2.75, 3.05) is 31.6 Å². The molecule has 1 N–H and O–H groups in total. The van der Waals surface area contributed by atoms with Crippen LogP contribution in [0, 0.1) is 5.92 Å². The fourth-order valence-corrected chi connectivity index (χ4v) is 3.63. The molecule has 2 unspecified atom stereocenters. The number of rotatable bonds is 7. The van der Waals surface area contributed by atoms with Gasteiger partial charge in [-0.2, -0.15) is 0 Å². The Balaban J connectivity index is 2.53. The van der Waals surface area contributed by atoms with Crippen LogP contribution in [-0.4, -0.2) is 62.7 Å². The first-order chi connectivity index (χ1) is 10.5. The average molecular weight is 349 g/mol. The van der Waals surface area contributed by atoms with Gasteiger partial charge in [-0.1, -0.05) is 6.92 Å². The number of nitrogens with zero attached hydrogens (tertiary/aromatic N) is 1. The van der Waals surface area contributed by atoms with Crippen molar-refractivity contribution in [1.29, 1.82) is 0 Å². The van der Waals surface area contributed by atoms with Crippen molar-refractivity contribution in [2.24, 2.45) is 5.92 Å². The van der Waals surface area contributed by atoms with Crippen LogP contribution in [0.3, 0.4) is 0 Å². The molecule has 1 aliphatic rings. The molecule has 0 bridgehead atoms. The Labute approximate surface area is 140 Å². The van der Waals surface area contributed by atoms with Gasteiger partial charge in [0.2, 0.25) is 0 Å². The van der Waals surface area contributed by atoms with Gasteiger partial charge in [-0.25, -0.2) is 13.2 Å². The average Bonchev–Trinajstić information content (AvgIpc) is 2.83. The van der Waals surface area contributed by atoms with E-state index in [1.807, 2.05) is 27.7 Å². The number of hydrogen-bond donors (Lipinski definition) is 1. The predicted molar refractivity (Wildman–Crippen MR) is 92.3 cm³/mol. The predicted octanol–water partition coefficient (Wildman–Crippen LogP) is 2.05. The Kier molecular flexibility index (Phi) is 7.32. The molecule has 1 fully saturated rings. The van der Waals surface area contributed by atoms with Crippen molar-refractivity contribution in [1.82, 2.24) is 10.2 Å². The van der Waals surface area contributed by atoms with Crippen molar-refractivity contribution < 1.29 is 17.9 Å². The van der Waals surface area contributed by atoms with Crippen molar-refractivity contribution in [2.45, 2.75) is 58.6 Å². The smallest absolute Gasteiger partial charge is 0.410 e. The summed E-state index contributed by atoms with van der Waals surface area (Å²) < 4.78 is 28.0. The summed E-state index contributed by atoms with van der Waals surface area (Å²) in [5.41, 5.74) is -0.480. The highest BCUT2D eigenvalue weighted by Gasteiger charge is 2.33. The summed E-state index contributed by atoms with van der Waals surface area (Å²) in [6.45, 7) is 9.86. The van der Waals surface area contributed by atoms with Gasteiger partial charge >= 0.3 is 6.09 Å². The van der Waals surface area contributed by atoms with E-state index < -0.39 is 15.4 Å². The Morgan fingerprint density at radius 1 is 1.39 bits per heavy atom. The Bertz CT molecular complexity index is 485. The van der Waals surface area contributed by atoms with Gasteiger partial charge in [0.05, 0.1) is 0 Å². The molecule has 0 aromatic heterocycles. The van der Waals surface area contributed by atoms with Gasteiger partial charge in [0.1, 0.15) is 15.4 Å². The van der Waals surface area contributed by atoms with Gasteiger partial charge in [0.15, 0.2) is 0 Å². The van der Waals surface area contributed by atoms with Crippen LogP contribution in [0.4, 0.5) is 4.79 Å². The van der Waals surface area contributed by atoms with E-state index in [1.165, 1.54) is 6.26 Å². The lowest BCUT2D eigenvalue weighted by Gasteiger charge is -2.26. The molecule has 1 aliphatic heterocycles. The number of sulfone groups is 1. The highest BCUT2D eigenvalue weighted by molar-refractivity contribution is 7.90. The molecule has 7 heteroatoms. The summed E-state index contributed by atoms with van der Waals surface area (Å²) in [5.74, 6) is 0.569. The van der Waals surface area contributed by atoms with Gasteiger partial charge in [-0.15, -0.1) is 0 Å². The maximum atomic E-state index is 12.1. The fourth-order valence-electron chi connectivity index (χ4n) is 2.94. The molecule has 0 saturated carbocycles. The first-order valence-electron chi connectivity index (χ1n) is 8.41. The van der Waals surface area contributed by atoms with E-state index in [4.69, 9.17) is 4.74 Å². The number of amides is 1. The second kappa shape index (κ2) is 8.33. The normalized spacial score (nSPS) is 20.6. The molecule has 0 aliphatic carbocycles. The van der Waals surface area contributed by atoms with Crippen LogP contribution >= 0.6 is 0 Å². The topological polar surface area (TPSA) is 75.7 Å². The van der Waals surface area contributed by atoms with Crippen LogP contribution in [0.25, 0.3) is 0 Å². The van der Waals surface area contributed by atoms with Gasteiger partial charge < -0.3 is 15.0 Å².